The number of hydrogen-bond acceptors (Lipinski definition) is 4. The second kappa shape index (κ2) is 9.60. The van der Waals surface area contributed by atoms with E-state index in [9.17, 15) is 18.0 Å². The predicted molar refractivity (Wildman–Crippen MR) is 123 cm³/mol. The number of alkyl halides is 3. The molecule has 0 radical (unpaired) electrons. The van der Waals surface area contributed by atoms with Crippen LogP contribution in [0.2, 0.25) is 0 Å². The van der Waals surface area contributed by atoms with E-state index in [0.717, 1.165) is 57.1 Å². The monoisotopic (exact) mass is 478 g/mol. The molecule has 3 heterocycles. The first-order valence-electron chi connectivity index (χ1n) is 11.9. The average Bonchev–Trinajstić information content (AvgIpc) is 3.39. The summed E-state index contributed by atoms with van der Waals surface area (Å²) in [7, 11) is 0. The van der Waals surface area contributed by atoms with Crippen molar-refractivity contribution in [3.05, 3.63) is 42.1 Å². The molecule has 2 saturated heterocycles. The Morgan fingerprint density at radius 2 is 1.74 bits per heavy atom. The molecule has 1 unspecified atom stereocenters. The first-order chi connectivity index (χ1) is 16.1. The minimum Gasteiger partial charge on any atom is -0.437 e. The number of halogens is 3. The number of benzene rings is 1. The summed E-state index contributed by atoms with van der Waals surface area (Å²) in [6.07, 6.45) is -2.80. The molecule has 2 aliphatic rings. The largest absolute Gasteiger partial charge is 0.437 e. The standard InChI is InChI=1S/C25H33F3N4O2/c1-18(2)32-16-21(22(29-32)20-7-5-4-6-8-20)15-30-12-9-24(17-30)10-13-31(14-11-24)23(33)34-19(3)25(26,27)28/h4-8,16,18-19H,9-15,17H2,1-3H3. The maximum Gasteiger partial charge on any atom is 0.425 e. The van der Waals surface area contributed by atoms with Gasteiger partial charge >= 0.3 is 12.3 Å². The molecule has 1 amide bonds. The summed E-state index contributed by atoms with van der Waals surface area (Å²) in [5.41, 5.74) is 3.39. The summed E-state index contributed by atoms with van der Waals surface area (Å²) in [6, 6.07) is 10.5. The first kappa shape index (κ1) is 24.6. The van der Waals surface area contributed by atoms with Crippen LogP contribution in [0.5, 0.6) is 0 Å². The second-order valence-corrected chi connectivity index (χ2v) is 9.96. The van der Waals surface area contributed by atoms with Gasteiger partial charge in [-0.2, -0.15) is 18.3 Å². The molecule has 9 heteroatoms. The van der Waals surface area contributed by atoms with Crippen molar-refractivity contribution in [3.8, 4) is 11.3 Å². The van der Waals surface area contributed by atoms with Crippen molar-refractivity contribution in [3.63, 3.8) is 0 Å². The van der Waals surface area contributed by atoms with E-state index in [1.165, 1.54) is 10.5 Å². The maximum absolute atomic E-state index is 12.7. The molecule has 0 saturated carbocycles. The van der Waals surface area contributed by atoms with Gasteiger partial charge in [0, 0.05) is 49.5 Å². The maximum atomic E-state index is 12.7. The van der Waals surface area contributed by atoms with Crippen LogP contribution in [0.25, 0.3) is 11.3 Å². The van der Waals surface area contributed by atoms with Crippen molar-refractivity contribution >= 4 is 6.09 Å². The Kier molecular flexibility index (Phi) is 6.94. The number of piperidine rings is 1. The number of rotatable bonds is 5. The van der Waals surface area contributed by atoms with Crippen LogP contribution in [-0.4, -0.2) is 64.1 Å². The molecule has 4 rings (SSSR count). The van der Waals surface area contributed by atoms with E-state index in [1.807, 2.05) is 22.9 Å². The quantitative estimate of drug-likeness (QED) is 0.569. The van der Waals surface area contributed by atoms with Gasteiger partial charge in [0.15, 0.2) is 6.10 Å². The SMILES string of the molecule is CC(C)n1cc(CN2CCC3(CCN(C(=O)OC(C)C(F)(F)F)CC3)C2)c(-c2ccccc2)n1. The third kappa shape index (κ3) is 5.40. The van der Waals surface area contributed by atoms with Gasteiger partial charge in [0.05, 0.1) is 5.69 Å². The molecule has 2 aromatic rings. The van der Waals surface area contributed by atoms with Crippen molar-refractivity contribution in [1.82, 2.24) is 19.6 Å². The third-order valence-electron chi connectivity index (χ3n) is 7.12. The highest BCUT2D eigenvalue weighted by atomic mass is 19.4. The fourth-order valence-corrected chi connectivity index (χ4v) is 4.92. The number of carbonyl (C=O) groups is 1. The molecule has 1 aromatic heterocycles. The van der Waals surface area contributed by atoms with E-state index in [-0.39, 0.29) is 11.5 Å². The topological polar surface area (TPSA) is 50.6 Å². The summed E-state index contributed by atoms with van der Waals surface area (Å²) in [5, 5.41) is 4.85. The van der Waals surface area contributed by atoms with E-state index in [0.29, 0.717) is 13.1 Å². The zero-order chi connectivity index (χ0) is 24.5. The number of amides is 1. The lowest BCUT2D eigenvalue weighted by atomic mass is 9.78. The molecule has 0 aliphatic carbocycles. The fourth-order valence-electron chi connectivity index (χ4n) is 4.92. The van der Waals surface area contributed by atoms with Crippen molar-refractivity contribution in [2.75, 3.05) is 26.2 Å². The molecular weight excluding hydrogens is 445 g/mol. The number of ether oxygens (including phenoxy) is 1. The molecule has 34 heavy (non-hydrogen) atoms. The Bertz CT molecular complexity index is 982. The van der Waals surface area contributed by atoms with Crippen molar-refractivity contribution in [1.29, 1.82) is 0 Å². The van der Waals surface area contributed by atoms with E-state index in [4.69, 9.17) is 5.10 Å². The van der Waals surface area contributed by atoms with E-state index >= 15 is 0 Å². The minimum absolute atomic E-state index is 0.0907. The number of carbonyl (C=O) groups excluding carboxylic acids is 1. The van der Waals surface area contributed by atoms with Crippen molar-refractivity contribution < 1.29 is 22.7 Å². The van der Waals surface area contributed by atoms with Gasteiger partial charge in [-0.05, 0) is 52.0 Å². The van der Waals surface area contributed by atoms with Crippen molar-refractivity contribution in [2.24, 2.45) is 5.41 Å². The Morgan fingerprint density at radius 3 is 2.35 bits per heavy atom. The highest BCUT2D eigenvalue weighted by Gasteiger charge is 2.44. The van der Waals surface area contributed by atoms with Gasteiger partial charge in [-0.3, -0.25) is 9.58 Å². The van der Waals surface area contributed by atoms with Crippen LogP contribution in [0.15, 0.2) is 36.5 Å². The van der Waals surface area contributed by atoms with Crippen molar-refractivity contribution in [2.45, 2.75) is 64.9 Å². The van der Waals surface area contributed by atoms with E-state index < -0.39 is 18.4 Å². The average molecular weight is 479 g/mol. The summed E-state index contributed by atoms with van der Waals surface area (Å²) < 4.78 is 44.8. The normalized spacial score (nSPS) is 19.7. The van der Waals surface area contributed by atoms with Gasteiger partial charge in [-0.25, -0.2) is 4.79 Å². The number of hydrogen-bond donors (Lipinski definition) is 0. The van der Waals surface area contributed by atoms with Gasteiger partial charge in [0.2, 0.25) is 0 Å². The highest BCUT2D eigenvalue weighted by molar-refractivity contribution is 5.68. The first-order valence-corrected chi connectivity index (χ1v) is 11.9. The molecule has 186 valence electrons. The van der Waals surface area contributed by atoms with Gasteiger partial charge in [0.1, 0.15) is 0 Å². The van der Waals surface area contributed by atoms with Crippen LogP contribution < -0.4 is 0 Å². The minimum atomic E-state index is -4.54. The van der Waals surface area contributed by atoms with Crippen LogP contribution in [0.4, 0.5) is 18.0 Å². The second-order valence-electron chi connectivity index (χ2n) is 9.96. The van der Waals surface area contributed by atoms with Crippen LogP contribution >= 0.6 is 0 Å². The van der Waals surface area contributed by atoms with Crippen LogP contribution in [0.1, 0.15) is 51.6 Å². The molecular formula is C25H33F3N4O2. The summed E-state index contributed by atoms with van der Waals surface area (Å²) in [4.78, 5) is 16.0. The molecule has 1 spiro atoms. The molecule has 1 atom stereocenters. The van der Waals surface area contributed by atoms with E-state index in [2.05, 4.69) is 41.8 Å². The lowest BCUT2D eigenvalue weighted by Gasteiger charge is -2.39. The zero-order valence-corrected chi connectivity index (χ0v) is 20.0. The van der Waals surface area contributed by atoms with Gasteiger partial charge in [-0.1, -0.05) is 30.3 Å². The summed E-state index contributed by atoms with van der Waals surface area (Å²) in [5.74, 6) is 0. The summed E-state index contributed by atoms with van der Waals surface area (Å²) in [6.45, 7) is 8.62. The molecule has 0 bridgehead atoms. The number of aromatic nitrogens is 2. The van der Waals surface area contributed by atoms with Gasteiger partial charge < -0.3 is 9.64 Å². The Hall–Kier alpha value is -2.55. The molecule has 2 fully saturated rings. The van der Waals surface area contributed by atoms with Crippen LogP contribution in [0.3, 0.4) is 0 Å². The third-order valence-corrected chi connectivity index (χ3v) is 7.12. The predicted octanol–water partition coefficient (Wildman–Crippen LogP) is 5.51. The fraction of sp³-hybridized carbons (Fsp3) is 0.600. The Labute approximate surface area is 198 Å². The highest BCUT2D eigenvalue weighted by Crippen LogP contribution is 2.41. The lowest BCUT2D eigenvalue weighted by molar-refractivity contribution is -0.200. The Balaban J connectivity index is 1.37. The van der Waals surface area contributed by atoms with E-state index in [1.54, 1.807) is 0 Å². The van der Waals surface area contributed by atoms with Gasteiger partial charge in [0.25, 0.3) is 0 Å². The smallest absolute Gasteiger partial charge is 0.425 e. The molecule has 2 aliphatic heterocycles. The molecule has 1 aromatic carbocycles. The summed E-state index contributed by atoms with van der Waals surface area (Å²) >= 11 is 0. The zero-order valence-electron chi connectivity index (χ0n) is 20.0. The molecule has 0 N–H and O–H groups in total. The molecule has 6 nitrogen and oxygen atoms in total. The van der Waals surface area contributed by atoms with Crippen LogP contribution in [-0.2, 0) is 11.3 Å². The van der Waals surface area contributed by atoms with Gasteiger partial charge in [-0.15, -0.1) is 0 Å². The number of likely N-dealkylation sites (tertiary alicyclic amines) is 2. The lowest BCUT2D eigenvalue weighted by Crippen LogP contribution is -2.46. The Morgan fingerprint density at radius 1 is 1.09 bits per heavy atom. The number of nitrogens with zero attached hydrogens (tertiary/aromatic N) is 4. The van der Waals surface area contributed by atoms with Crippen LogP contribution in [0, 0.1) is 5.41 Å².